The van der Waals surface area contributed by atoms with E-state index in [0.29, 0.717) is 17.6 Å². The lowest BCUT2D eigenvalue weighted by Gasteiger charge is -1.90. The predicted octanol–water partition coefficient (Wildman–Crippen LogP) is 1.29. The average Bonchev–Trinajstić information content (AvgIpc) is 2.31. The SMILES string of the molecule is O=CNCc1ccc(Br)o1. The van der Waals surface area contributed by atoms with Crippen molar-refractivity contribution in [3.8, 4) is 0 Å². The van der Waals surface area contributed by atoms with Crippen molar-refractivity contribution in [1.82, 2.24) is 5.32 Å². The number of carbonyl (C=O) groups is 1. The molecule has 0 aliphatic heterocycles. The van der Waals surface area contributed by atoms with E-state index in [1.54, 1.807) is 12.1 Å². The summed E-state index contributed by atoms with van der Waals surface area (Å²) in [7, 11) is 0. The zero-order valence-corrected chi connectivity index (χ0v) is 6.72. The number of amides is 1. The smallest absolute Gasteiger partial charge is 0.207 e. The van der Waals surface area contributed by atoms with Crippen molar-refractivity contribution in [3.63, 3.8) is 0 Å². The number of hydrogen-bond donors (Lipinski definition) is 1. The molecule has 0 aliphatic rings. The Morgan fingerprint density at radius 1 is 1.70 bits per heavy atom. The highest BCUT2D eigenvalue weighted by Gasteiger charge is 1.95. The van der Waals surface area contributed by atoms with Gasteiger partial charge in [0.15, 0.2) is 4.67 Å². The number of furan rings is 1. The molecule has 54 valence electrons. The van der Waals surface area contributed by atoms with Gasteiger partial charge in [-0.15, -0.1) is 0 Å². The molecule has 4 heteroatoms. The van der Waals surface area contributed by atoms with Gasteiger partial charge in [-0.1, -0.05) is 0 Å². The third kappa shape index (κ3) is 1.88. The van der Waals surface area contributed by atoms with Crippen LogP contribution in [0.5, 0.6) is 0 Å². The number of nitrogens with one attached hydrogen (secondary N) is 1. The van der Waals surface area contributed by atoms with Gasteiger partial charge in [0.05, 0.1) is 6.54 Å². The molecule has 1 N–H and O–H groups in total. The van der Waals surface area contributed by atoms with Crippen molar-refractivity contribution in [2.45, 2.75) is 6.54 Å². The van der Waals surface area contributed by atoms with Crippen LogP contribution >= 0.6 is 15.9 Å². The topological polar surface area (TPSA) is 42.2 Å². The van der Waals surface area contributed by atoms with E-state index in [4.69, 9.17) is 4.42 Å². The molecular formula is C6H6BrNO2. The molecule has 1 heterocycles. The lowest BCUT2D eigenvalue weighted by molar-refractivity contribution is -0.109. The maximum absolute atomic E-state index is 9.82. The molecule has 0 spiro atoms. The van der Waals surface area contributed by atoms with Crippen molar-refractivity contribution in [1.29, 1.82) is 0 Å². The monoisotopic (exact) mass is 203 g/mol. The molecule has 3 nitrogen and oxygen atoms in total. The van der Waals surface area contributed by atoms with Gasteiger partial charge in [0.1, 0.15) is 5.76 Å². The summed E-state index contributed by atoms with van der Waals surface area (Å²) in [6.45, 7) is 0.440. The van der Waals surface area contributed by atoms with Crippen LogP contribution in [0.4, 0.5) is 0 Å². The molecule has 0 unspecified atom stereocenters. The lowest BCUT2D eigenvalue weighted by Crippen LogP contribution is -2.08. The van der Waals surface area contributed by atoms with E-state index in [1.165, 1.54) is 0 Å². The van der Waals surface area contributed by atoms with Gasteiger partial charge in [-0.3, -0.25) is 4.79 Å². The molecule has 1 rings (SSSR count). The van der Waals surface area contributed by atoms with Gasteiger partial charge in [0.2, 0.25) is 6.41 Å². The van der Waals surface area contributed by atoms with Gasteiger partial charge in [-0.25, -0.2) is 0 Å². The van der Waals surface area contributed by atoms with E-state index >= 15 is 0 Å². The van der Waals surface area contributed by atoms with Gasteiger partial charge >= 0.3 is 0 Å². The third-order valence-electron chi connectivity index (χ3n) is 0.988. The molecule has 1 aromatic heterocycles. The fourth-order valence-corrected chi connectivity index (χ4v) is 0.929. The van der Waals surface area contributed by atoms with E-state index in [0.717, 1.165) is 5.76 Å². The van der Waals surface area contributed by atoms with Gasteiger partial charge in [-0.05, 0) is 28.1 Å². The van der Waals surface area contributed by atoms with Crippen LogP contribution in [0, 0.1) is 0 Å². The largest absolute Gasteiger partial charge is 0.452 e. The Kier molecular flexibility index (Phi) is 2.50. The Morgan fingerprint density at radius 2 is 2.50 bits per heavy atom. The quantitative estimate of drug-likeness (QED) is 0.753. The highest BCUT2D eigenvalue weighted by Crippen LogP contribution is 2.13. The van der Waals surface area contributed by atoms with Gasteiger partial charge in [0, 0.05) is 0 Å². The third-order valence-corrected chi connectivity index (χ3v) is 1.41. The van der Waals surface area contributed by atoms with E-state index in [2.05, 4.69) is 21.2 Å². The minimum atomic E-state index is 0.440. The van der Waals surface area contributed by atoms with Crippen LogP contribution in [-0.2, 0) is 11.3 Å². The molecule has 1 amide bonds. The molecule has 0 bridgehead atoms. The van der Waals surface area contributed by atoms with E-state index in [-0.39, 0.29) is 0 Å². The van der Waals surface area contributed by atoms with Crippen LogP contribution in [0.15, 0.2) is 21.2 Å². The molecule has 0 saturated heterocycles. The standard InChI is InChI=1S/C6H6BrNO2/c7-6-2-1-5(10-6)3-8-4-9/h1-2,4H,3H2,(H,8,9). The average molecular weight is 204 g/mol. The number of rotatable bonds is 3. The first-order valence-corrected chi connectivity index (χ1v) is 3.53. The van der Waals surface area contributed by atoms with E-state index in [1.807, 2.05) is 0 Å². The van der Waals surface area contributed by atoms with Crippen LogP contribution < -0.4 is 5.32 Å². The molecule has 0 atom stereocenters. The summed E-state index contributed by atoms with van der Waals surface area (Å²) in [5.41, 5.74) is 0. The molecule has 0 fully saturated rings. The van der Waals surface area contributed by atoms with Gasteiger partial charge < -0.3 is 9.73 Å². The summed E-state index contributed by atoms with van der Waals surface area (Å²) in [5, 5.41) is 2.48. The highest BCUT2D eigenvalue weighted by atomic mass is 79.9. The second kappa shape index (κ2) is 3.41. The molecule has 1 aromatic rings. The minimum absolute atomic E-state index is 0.440. The Hall–Kier alpha value is -0.770. The van der Waals surface area contributed by atoms with Crippen molar-refractivity contribution in [2.75, 3.05) is 0 Å². The first kappa shape index (κ1) is 7.34. The van der Waals surface area contributed by atoms with Crippen molar-refractivity contribution in [2.24, 2.45) is 0 Å². The number of hydrogen-bond acceptors (Lipinski definition) is 2. The van der Waals surface area contributed by atoms with Crippen LogP contribution in [-0.4, -0.2) is 6.41 Å². The fourth-order valence-electron chi connectivity index (χ4n) is 0.589. The molecule has 10 heavy (non-hydrogen) atoms. The summed E-state index contributed by atoms with van der Waals surface area (Å²) in [5.74, 6) is 0.735. The van der Waals surface area contributed by atoms with Crippen LogP contribution in [0.3, 0.4) is 0 Å². The molecular weight excluding hydrogens is 198 g/mol. The first-order chi connectivity index (χ1) is 4.83. The Bertz CT molecular complexity index is 221. The summed E-state index contributed by atoms with van der Waals surface area (Å²) < 4.78 is 5.76. The molecule has 0 saturated carbocycles. The number of carbonyl (C=O) groups excluding carboxylic acids is 1. The van der Waals surface area contributed by atoms with Crippen LogP contribution in [0.25, 0.3) is 0 Å². The Balaban J connectivity index is 2.49. The predicted molar refractivity (Wildman–Crippen MR) is 39.3 cm³/mol. The minimum Gasteiger partial charge on any atom is -0.452 e. The normalized spacial score (nSPS) is 9.30. The van der Waals surface area contributed by atoms with Crippen molar-refractivity contribution >= 4 is 22.3 Å². The van der Waals surface area contributed by atoms with Gasteiger partial charge in [0.25, 0.3) is 0 Å². The first-order valence-electron chi connectivity index (χ1n) is 2.74. The second-order valence-electron chi connectivity index (χ2n) is 1.70. The lowest BCUT2D eigenvalue weighted by atomic mass is 10.4. The summed E-state index contributed by atoms with van der Waals surface area (Å²) in [6, 6.07) is 3.57. The molecule has 0 aromatic carbocycles. The Morgan fingerprint density at radius 3 is 3.00 bits per heavy atom. The summed E-state index contributed by atoms with van der Waals surface area (Å²) in [4.78, 5) is 9.82. The Labute approximate surface area is 66.5 Å². The maximum Gasteiger partial charge on any atom is 0.207 e. The molecule has 0 aliphatic carbocycles. The zero-order chi connectivity index (χ0) is 7.40. The maximum atomic E-state index is 9.82. The zero-order valence-electron chi connectivity index (χ0n) is 5.13. The van der Waals surface area contributed by atoms with E-state index < -0.39 is 0 Å². The fraction of sp³-hybridized carbons (Fsp3) is 0.167. The van der Waals surface area contributed by atoms with Crippen LogP contribution in [0.2, 0.25) is 0 Å². The highest BCUT2D eigenvalue weighted by molar-refractivity contribution is 9.10. The second-order valence-corrected chi connectivity index (χ2v) is 2.49. The number of halogens is 1. The summed E-state index contributed by atoms with van der Waals surface area (Å²) >= 11 is 3.14. The summed E-state index contributed by atoms with van der Waals surface area (Å²) in [6.07, 6.45) is 0.635. The van der Waals surface area contributed by atoms with Crippen molar-refractivity contribution < 1.29 is 9.21 Å². The van der Waals surface area contributed by atoms with Gasteiger partial charge in [-0.2, -0.15) is 0 Å². The van der Waals surface area contributed by atoms with Crippen LogP contribution in [0.1, 0.15) is 5.76 Å². The van der Waals surface area contributed by atoms with Crippen molar-refractivity contribution in [3.05, 3.63) is 22.6 Å². The molecule has 0 radical (unpaired) electrons. The van der Waals surface area contributed by atoms with E-state index in [9.17, 15) is 4.79 Å².